The molecule has 1 fully saturated rings. The molecule has 1 aromatic carbocycles. The molecule has 1 aliphatic heterocycles. The van der Waals surface area contributed by atoms with Crippen molar-refractivity contribution in [2.24, 2.45) is 0 Å². The number of aromatic nitrogens is 2. The maximum absolute atomic E-state index is 9.61. The minimum Gasteiger partial charge on any atom is -0.497 e. The highest BCUT2D eigenvalue weighted by Crippen LogP contribution is 2.26. The fraction of sp³-hybridized carbons (Fsp3) is 0.474. The Morgan fingerprint density at radius 1 is 1.28 bits per heavy atom. The highest BCUT2D eigenvalue weighted by molar-refractivity contribution is 5.57. The zero-order valence-electron chi connectivity index (χ0n) is 14.9. The van der Waals surface area contributed by atoms with Gasteiger partial charge in [0.25, 0.3) is 0 Å². The first-order chi connectivity index (χ1) is 12.2. The number of aliphatic hydroxyl groups is 1. The summed E-state index contributed by atoms with van der Waals surface area (Å²) in [6, 6.07) is 9.90. The topological polar surface area (TPSA) is 70.5 Å². The molecule has 1 aliphatic rings. The van der Waals surface area contributed by atoms with E-state index in [1.807, 2.05) is 24.3 Å². The van der Waals surface area contributed by atoms with Gasteiger partial charge in [0.1, 0.15) is 11.6 Å². The van der Waals surface area contributed by atoms with Crippen LogP contribution in [-0.2, 0) is 6.42 Å². The third kappa shape index (κ3) is 4.20. The van der Waals surface area contributed by atoms with Crippen molar-refractivity contribution in [2.75, 3.05) is 30.5 Å². The molecule has 134 valence electrons. The third-order valence-corrected chi connectivity index (χ3v) is 4.50. The van der Waals surface area contributed by atoms with Gasteiger partial charge < -0.3 is 20.1 Å². The molecular formula is C19H26N4O2. The number of aliphatic hydroxyl groups excluding tert-OH is 1. The summed E-state index contributed by atoms with van der Waals surface area (Å²) in [7, 11) is 1.65. The van der Waals surface area contributed by atoms with E-state index in [9.17, 15) is 5.11 Å². The molecule has 1 atom stereocenters. The van der Waals surface area contributed by atoms with Gasteiger partial charge in [0.15, 0.2) is 0 Å². The first-order valence-corrected chi connectivity index (χ1v) is 8.90. The van der Waals surface area contributed by atoms with Crippen molar-refractivity contribution in [2.45, 2.75) is 38.6 Å². The number of ether oxygens (including phenoxy) is 1. The number of anilines is 3. The lowest BCUT2D eigenvalue weighted by atomic mass is 10.2. The Hall–Kier alpha value is -2.34. The fourth-order valence-corrected chi connectivity index (χ4v) is 3.20. The molecule has 2 N–H and O–H groups in total. The van der Waals surface area contributed by atoms with Crippen LogP contribution in [0.1, 0.15) is 31.9 Å². The van der Waals surface area contributed by atoms with Crippen LogP contribution in [-0.4, -0.2) is 41.4 Å². The molecule has 25 heavy (non-hydrogen) atoms. The lowest BCUT2D eigenvalue weighted by Gasteiger charge is -2.25. The Balaban J connectivity index is 1.86. The number of benzene rings is 1. The Labute approximate surface area is 148 Å². The SMILES string of the molecule is CCCc1cc(N2CCCC2CO)nc(Nc2ccc(OC)cc2)n1. The Kier molecular flexibility index (Phi) is 5.71. The first kappa shape index (κ1) is 17.5. The van der Waals surface area contributed by atoms with E-state index in [0.29, 0.717) is 5.95 Å². The largest absolute Gasteiger partial charge is 0.497 e. The van der Waals surface area contributed by atoms with Gasteiger partial charge in [0, 0.05) is 24.0 Å². The predicted octanol–water partition coefficient (Wildman–Crippen LogP) is 3.14. The van der Waals surface area contributed by atoms with Crippen molar-refractivity contribution in [3.8, 4) is 5.75 Å². The molecule has 0 radical (unpaired) electrons. The second-order valence-electron chi connectivity index (χ2n) is 6.32. The van der Waals surface area contributed by atoms with Crippen molar-refractivity contribution < 1.29 is 9.84 Å². The molecule has 0 saturated carbocycles. The summed E-state index contributed by atoms with van der Waals surface area (Å²) in [6.07, 6.45) is 4.02. The second-order valence-corrected chi connectivity index (χ2v) is 6.32. The van der Waals surface area contributed by atoms with E-state index in [1.54, 1.807) is 7.11 Å². The average molecular weight is 342 g/mol. The minimum absolute atomic E-state index is 0.151. The monoisotopic (exact) mass is 342 g/mol. The molecule has 2 heterocycles. The number of aryl methyl sites for hydroxylation is 1. The highest BCUT2D eigenvalue weighted by atomic mass is 16.5. The van der Waals surface area contributed by atoms with Crippen molar-refractivity contribution in [1.82, 2.24) is 9.97 Å². The van der Waals surface area contributed by atoms with Crippen LogP contribution in [0.2, 0.25) is 0 Å². The van der Waals surface area contributed by atoms with E-state index in [4.69, 9.17) is 9.72 Å². The number of hydrogen-bond acceptors (Lipinski definition) is 6. The molecule has 1 unspecified atom stereocenters. The average Bonchev–Trinajstić information content (AvgIpc) is 3.11. The van der Waals surface area contributed by atoms with Crippen LogP contribution in [0.5, 0.6) is 5.75 Å². The molecule has 2 aromatic rings. The summed E-state index contributed by atoms with van der Waals surface area (Å²) >= 11 is 0. The van der Waals surface area contributed by atoms with Gasteiger partial charge in [-0.15, -0.1) is 0 Å². The van der Waals surface area contributed by atoms with Gasteiger partial charge >= 0.3 is 0 Å². The van der Waals surface area contributed by atoms with Crippen molar-refractivity contribution in [1.29, 1.82) is 0 Å². The van der Waals surface area contributed by atoms with Crippen LogP contribution in [0.4, 0.5) is 17.5 Å². The van der Waals surface area contributed by atoms with E-state index >= 15 is 0 Å². The molecule has 1 saturated heterocycles. The molecule has 0 aliphatic carbocycles. The number of nitrogens with zero attached hydrogens (tertiary/aromatic N) is 3. The lowest BCUT2D eigenvalue weighted by molar-refractivity contribution is 0.266. The van der Waals surface area contributed by atoms with Gasteiger partial charge in [-0.05, 0) is 43.5 Å². The van der Waals surface area contributed by atoms with E-state index < -0.39 is 0 Å². The van der Waals surface area contributed by atoms with Crippen molar-refractivity contribution in [3.05, 3.63) is 36.0 Å². The van der Waals surface area contributed by atoms with Gasteiger partial charge in [-0.1, -0.05) is 13.3 Å². The minimum atomic E-state index is 0.151. The summed E-state index contributed by atoms with van der Waals surface area (Å²) in [4.78, 5) is 11.5. The molecule has 0 amide bonds. The molecule has 3 rings (SSSR count). The molecule has 6 nitrogen and oxygen atoms in total. The normalized spacial score (nSPS) is 16.9. The summed E-state index contributed by atoms with van der Waals surface area (Å²) in [5, 5.41) is 12.9. The van der Waals surface area contributed by atoms with Gasteiger partial charge in [0.2, 0.25) is 5.95 Å². The molecular weight excluding hydrogens is 316 g/mol. The zero-order chi connectivity index (χ0) is 17.6. The van der Waals surface area contributed by atoms with Crippen LogP contribution in [0, 0.1) is 0 Å². The highest BCUT2D eigenvalue weighted by Gasteiger charge is 2.25. The first-order valence-electron chi connectivity index (χ1n) is 8.90. The number of rotatable bonds is 7. The molecule has 0 bridgehead atoms. The van der Waals surface area contributed by atoms with Crippen LogP contribution in [0.3, 0.4) is 0 Å². The number of nitrogens with one attached hydrogen (secondary N) is 1. The van der Waals surface area contributed by atoms with Crippen LogP contribution >= 0.6 is 0 Å². The lowest BCUT2D eigenvalue weighted by Crippen LogP contribution is -2.33. The van der Waals surface area contributed by atoms with Gasteiger partial charge in [-0.3, -0.25) is 0 Å². The summed E-state index contributed by atoms with van der Waals surface area (Å²) in [5.74, 6) is 2.30. The Morgan fingerprint density at radius 3 is 2.76 bits per heavy atom. The molecule has 0 spiro atoms. The number of hydrogen-bond donors (Lipinski definition) is 2. The fourth-order valence-electron chi connectivity index (χ4n) is 3.20. The van der Waals surface area contributed by atoms with Crippen molar-refractivity contribution >= 4 is 17.5 Å². The second kappa shape index (κ2) is 8.16. The standard InChI is InChI=1S/C19H26N4O2/c1-3-5-15-12-18(23-11-4-6-16(23)13-24)22-19(21-15)20-14-7-9-17(25-2)10-8-14/h7-10,12,16,24H,3-6,11,13H2,1-2H3,(H,20,21,22). The van der Waals surface area contributed by atoms with Gasteiger partial charge in [-0.25, -0.2) is 4.98 Å². The molecule has 6 heteroatoms. The van der Waals surface area contributed by atoms with Crippen LogP contribution < -0.4 is 15.0 Å². The third-order valence-electron chi connectivity index (χ3n) is 4.50. The summed E-state index contributed by atoms with van der Waals surface area (Å²) in [6.45, 7) is 3.23. The maximum Gasteiger partial charge on any atom is 0.229 e. The van der Waals surface area contributed by atoms with Crippen LogP contribution in [0.15, 0.2) is 30.3 Å². The Morgan fingerprint density at radius 2 is 2.08 bits per heavy atom. The van der Waals surface area contributed by atoms with E-state index in [0.717, 1.165) is 55.2 Å². The van der Waals surface area contributed by atoms with Gasteiger partial charge in [-0.2, -0.15) is 4.98 Å². The maximum atomic E-state index is 9.61. The van der Waals surface area contributed by atoms with E-state index in [1.165, 1.54) is 0 Å². The Bertz CT molecular complexity index is 690. The van der Waals surface area contributed by atoms with Gasteiger partial charge in [0.05, 0.1) is 19.8 Å². The number of methoxy groups -OCH3 is 1. The summed E-state index contributed by atoms with van der Waals surface area (Å²) < 4.78 is 5.19. The summed E-state index contributed by atoms with van der Waals surface area (Å²) in [5.41, 5.74) is 1.94. The molecule has 1 aromatic heterocycles. The van der Waals surface area contributed by atoms with Crippen LogP contribution in [0.25, 0.3) is 0 Å². The smallest absolute Gasteiger partial charge is 0.229 e. The van der Waals surface area contributed by atoms with Crippen molar-refractivity contribution in [3.63, 3.8) is 0 Å². The van der Waals surface area contributed by atoms with E-state index in [-0.39, 0.29) is 12.6 Å². The predicted molar refractivity (Wildman–Crippen MR) is 99.8 cm³/mol. The zero-order valence-corrected chi connectivity index (χ0v) is 14.9. The van der Waals surface area contributed by atoms with E-state index in [2.05, 4.69) is 28.2 Å². The quantitative estimate of drug-likeness (QED) is 0.805.